The van der Waals surface area contributed by atoms with E-state index in [1.807, 2.05) is 18.2 Å². The lowest BCUT2D eigenvalue weighted by molar-refractivity contribution is -0.141. The smallest absolute Gasteiger partial charge is 0.332 e. The van der Waals surface area contributed by atoms with Gasteiger partial charge in [0.2, 0.25) is 0 Å². The third kappa shape index (κ3) is 4.17. The molecule has 2 aromatic rings. The average molecular weight is 384 g/mol. The summed E-state index contributed by atoms with van der Waals surface area (Å²) in [6.45, 7) is 0. The highest BCUT2D eigenvalue weighted by Crippen LogP contribution is 2.15. The maximum absolute atomic E-state index is 12.5. The number of esters is 1. The van der Waals surface area contributed by atoms with E-state index in [2.05, 4.69) is 5.32 Å². The molecule has 1 heterocycles. The molecule has 0 aliphatic carbocycles. The SMILES string of the molecule is COC(=O)[C@H](Cc1ccccc1)Nc1c(C(=O)CC#N)c(=O)n(C)c(=O)n1C. The molecule has 1 aromatic heterocycles. The van der Waals surface area contributed by atoms with Crippen molar-refractivity contribution >= 4 is 17.6 Å². The molecule has 0 spiro atoms. The molecule has 2 rings (SSSR count). The molecule has 0 unspecified atom stereocenters. The molecule has 1 atom stereocenters. The van der Waals surface area contributed by atoms with Crippen molar-refractivity contribution in [3.05, 3.63) is 62.3 Å². The van der Waals surface area contributed by atoms with Crippen molar-refractivity contribution in [1.29, 1.82) is 5.26 Å². The number of aromatic nitrogens is 2. The van der Waals surface area contributed by atoms with Crippen LogP contribution in [0.15, 0.2) is 39.9 Å². The molecule has 0 saturated carbocycles. The van der Waals surface area contributed by atoms with Gasteiger partial charge in [-0.2, -0.15) is 5.26 Å². The van der Waals surface area contributed by atoms with Crippen LogP contribution in [0.4, 0.5) is 5.82 Å². The Morgan fingerprint density at radius 3 is 2.39 bits per heavy atom. The number of Topliss-reactive ketones (excluding diaryl/α,β-unsaturated/α-hetero) is 1. The quantitative estimate of drug-likeness (QED) is 0.540. The number of nitriles is 1. The number of hydrogen-bond donors (Lipinski definition) is 1. The van der Waals surface area contributed by atoms with Crippen LogP contribution in [-0.2, 0) is 30.0 Å². The lowest BCUT2D eigenvalue weighted by Gasteiger charge is -2.21. The summed E-state index contributed by atoms with van der Waals surface area (Å²) in [6, 6.07) is 9.79. The molecular formula is C19H20N4O5. The third-order valence-corrected chi connectivity index (χ3v) is 4.26. The molecule has 0 saturated heterocycles. The van der Waals surface area contributed by atoms with Crippen LogP contribution in [0.25, 0.3) is 0 Å². The standard InChI is InChI=1S/C19H20N4O5/c1-22-16(15(14(24)9-10-20)17(25)23(2)19(22)27)21-13(18(26)28-3)11-12-7-5-4-6-8-12/h4-8,13,21H,9,11H2,1-3H3/t13-/m0/s1. The van der Waals surface area contributed by atoms with Gasteiger partial charge in [0.15, 0.2) is 5.78 Å². The Balaban J connectivity index is 2.59. The number of nitrogens with one attached hydrogen (secondary N) is 1. The summed E-state index contributed by atoms with van der Waals surface area (Å²) in [5.74, 6) is -1.50. The van der Waals surface area contributed by atoms with Crippen LogP contribution < -0.4 is 16.6 Å². The second-order valence-electron chi connectivity index (χ2n) is 6.10. The molecule has 0 bridgehead atoms. The maximum atomic E-state index is 12.5. The highest BCUT2D eigenvalue weighted by molar-refractivity contribution is 6.01. The van der Waals surface area contributed by atoms with Gasteiger partial charge in [-0.25, -0.2) is 9.59 Å². The van der Waals surface area contributed by atoms with Gasteiger partial charge < -0.3 is 10.1 Å². The largest absolute Gasteiger partial charge is 0.467 e. The van der Waals surface area contributed by atoms with E-state index in [9.17, 15) is 19.2 Å². The number of benzene rings is 1. The van der Waals surface area contributed by atoms with E-state index in [-0.39, 0.29) is 17.8 Å². The molecule has 1 aromatic carbocycles. The Morgan fingerprint density at radius 2 is 1.82 bits per heavy atom. The van der Waals surface area contributed by atoms with Crippen LogP contribution in [0.1, 0.15) is 22.3 Å². The molecule has 9 heteroatoms. The fourth-order valence-electron chi connectivity index (χ4n) is 2.78. The van der Waals surface area contributed by atoms with Gasteiger partial charge in [-0.05, 0) is 5.56 Å². The van der Waals surface area contributed by atoms with E-state index in [4.69, 9.17) is 10.00 Å². The molecule has 1 N–H and O–H groups in total. The van der Waals surface area contributed by atoms with Gasteiger partial charge in [-0.15, -0.1) is 0 Å². The number of rotatable bonds is 7. The Morgan fingerprint density at radius 1 is 1.18 bits per heavy atom. The molecule has 0 aliphatic heterocycles. The molecule has 146 valence electrons. The molecule has 9 nitrogen and oxygen atoms in total. The van der Waals surface area contributed by atoms with Gasteiger partial charge in [0.05, 0.1) is 19.6 Å². The van der Waals surface area contributed by atoms with E-state index in [0.29, 0.717) is 0 Å². The zero-order chi connectivity index (χ0) is 20.8. The minimum atomic E-state index is -0.959. The zero-order valence-corrected chi connectivity index (χ0v) is 15.8. The summed E-state index contributed by atoms with van der Waals surface area (Å²) in [6.07, 6.45) is -0.341. The number of anilines is 1. The van der Waals surface area contributed by atoms with Crippen LogP contribution in [-0.4, -0.2) is 34.0 Å². The summed E-state index contributed by atoms with van der Waals surface area (Å²) in [5, 5.41) is 11.6. The van der Waals surface area contributed by atoms with Gasteiger partial charge in [0.1, 0.15) is 17.4 Å². The predicted molar refractivity (Wildman–Crippen MR) is 101 cm³/mol. The summed E-state index contributed by atoms with van der Waals surface area (Å²) in [7, 11) is 3.82. The van der Waals surface area contributed by atoms with Gasteiger partial charge in [0.25, 0.3) is 5.56 Å². The summed E-state index contributed by atoms with van der Waals surface area (Å²) in [4.78, 5) is 49.5. The van der Waals surface area contributed by atoms with E-state index >= 15 is 0 Å². The fourth-order valence-corrected chi connectivity index (χ4v) is 2.78. The number of hydrogen-bond acceptors (Lipinski definition) is 7. The normalized spacial score (nSPS) is 11.4. The first-order valence-corrected chi connectivity index (χ1v) is 8.40. The molecule has 0 radical (unpaired) electrons. The van der Waals surface area contributed by atoms with Gasteiger partial charge >= 0.3 is 11.7 Å². The second-order valence-corrected chi connectivity index (χ2v) is 6.10. The van der Waals surface area contributed by atoms with Crippen LogP contribution >= 0.6 is 0 Å². The number of methoxy groups -OCH3 is 1. The molecule has 28 heavy (non-hydrogen) atoms. The van der Waals surface area contributed by atoms with Crippen LogP contribution in [0.2, 0.25) is 0 Å². The third-order valence-electron chi connectivity index (χ3n) is 4.26. The van der Waals surface area contributed by atoms with Gasteiger partial charge in [-0.1, -0.05) is 30.3 Å². The Kier molecular flexibility index (Phi) is 6.50. The Hall–Kier alpha value is -3.67. The highest BCUT2D eigenvalue weighted by Gasteiger charge is 2.27. The highest BCUT2D eigenvalue weighted by atomic mass is 16.5. The lowest BCUT2D eigenvalue weighted by Crippen LogP contribution is -2.44. The Labute approximate surface area is 160 Å². The van der Waals surface area contributed by atoms with Crippen molar-refractivity contribution in [3.63, 3.8) is 0 Å². The number of ether oxygens (including phenoxy) is 1. The summed E-state index contributed by atoms with van der Waals surface area (Å²) < 4.78 is 6.66. The first kappa shape index (κ1) is 20.6. The number of ketones is 1. The number of nitrogens with zero attached hydrogens (tertiary/aromatic N) is 3. The van der Waals surface area contributed by atoms with E-state index in [1.54, 1.807) is 18.2 Å². The Bertz CT molecular complexity index is 1050. The number of carbonyl (C=O) groups is 2. The minimum absolute atomic E-state index is 0.125. The van der Waals surface area contributed by atoms with E-state index in [0.717, 1.165) is 14.7 Å². The zero-order valence-electron chi connectivity index (χ0n) is 15.8. The van der Waals surface area contributed by atoms with Crippen molar-refractivity contribution in [3.8, 4) is 6.07 Å². The van der Waals surface area contributed by atoms with Crippen LogP contribution in [0, 0.1) is 11.3 Å². The predicted octanol–water partition coefficient (Wildman–Crippen LogP) is 0.377. The fraction of sp³-hybridized carbons (Fsp3) is 0.316. The van der Waals surface area contributed by atoms with Gasteiger partial charge in [-0.3, -0.25) is 18.7 Å². The molecule has 0 aliphatic rings. The van der Waals surface area contributed by atoms with Crippen molar-refractivity contribution in [2.75, 3.05) is 12.4 Å². The number of carbonyl (C=O) groups excluding carboxylic acids is 2. The maximum Gasteiger partial charge on any atom is 0.332 e. The van der Waals surface area contributed by atoms with E-state index in [1.165, 1.54) is 21.2 Å². The topological polar surface area (TPSA) is 123 Å². The van der Waals surface area contributed by atoms with E-state index < -0.39 is 35.5 Å². The molecule has 0 fully saturated rings. The average Bonchev–Trinajstić information content (AvgIpc) is 2.70. The van der Waals surface area contributed by atoms with Crippen molar-refractivity contribution in [1.82, 2.24) is 9.13 Å². The monoisotopic (exact) mass is 384 g/mol. The first-order chi connectivity index (χ1) is 13.3. The minimum Gasteiger partial charge on any atom is -0.467 e. The molecular weight excluding hydrogens is 364 g/mol. The summed E-state index contributed by atoms with van der Waals surface area (Å²) in [5.41, 5.74) is -1.06. The van der Waals surface area contributed by atoms with Crippen molar-refractivity contribution < 1.29 is 14.3 Å². The first-order valence-electron chi connectivity index (χ1n) is 8.40. The van der Waals surface area contributed by atoms with Gasteiger partial charge in [0, 0.05) is 20.5 Å². The van der Waals surface area contributed by atoms with Crippen molar-refractivity contribution in [2.24, 2.45) is 14.1 Å². The summed E-state index contributed by atoms with van der Waals surface area (Å²) >= 11 is 0. The lowest BCUT2D eigenvalue weighted by atomic mass is 10.0. The second kappa shape index (κ2) is 8.81. The molecule has 0 amide bonds. The van der Waals surface area contributed by atoms with Crippen LogP contribution in [0.5, 0.6) is 0 Å². The van der Waals surface area contributed by atoms with Crippen LogP contribution in [0.3, 0.4) is 0 Å². The van der Waals surface area contributed by atoms with Crippen molar-refractivity contribution in [2.45, 2.75) is 18.9 Å².